The fraction of sp³-hybridized carbons (Fsp3) is 0.417. The number of anilines is 1. The third-order valence-corrected chi connectivity index (χ3v) is 3.25. The van der Waals surface area contributed by atoms with Gasteiger partial charge in [0.2, 0.25) is 0 Å². The first-order chi connectivity index (χ1) is 7.61. The van der Waals surface area contributed by atoms with E-state index < -0.39 is 5.41 Å². The molecule has 17 heavy (non-hydrogen) atoms. The molecule has 1 aromatic heterocycles. The van der Waals surface area contributed by atoms with E-state index in [1.807, 2.05) is 6.07 Å². The summed E-state index contributed by atoms with van der Waals surface area (Å²) < 4.78 is 0. The Morgan fingerprint density at radius 1 is 1.65 bits per heavy atom. The molecule has 1 unspecified atom stereocenters. The molecule has 0 spiro atoms. The number of fused-ring (bicyclic) bond motifs is 1. The Bertz CT molecular complexity index is 436. The van der Waals surface area contributed by atoms with Crippen LogP contribution < -0.4 is 5.73 Å². The number of rotatable bonds is 2. The van der Waals surface area contributed by atoms with E-state index in [0.717, 1.165) is 11.3 Å². The van der Waals surface area contributed by atoms with E-state index >= 15 is 0 Å². The third kappa shape index (κ3) is 2.53. The van der Waals surface area contributed by atoms with Crippen LogP contribution in [0.25, 0.3) is 5.32 Å². The molecular weight excluding hydrogens is 291 g/mol. The smallest absolute Gasteiger partial charge is 0.0554 e. The van der Waals surface area contributed by atoms with Gasteiger partial charge in [0, 0.05) is 38.4 Å². The zero-order chi connectivity index (χ0) is 11.8. The SMILES string of the molecule is [CH2-]CC1(C(=O)[N-]C)Cc2cc(N)cnc2C1.[Y]. The summed E-state index contributed by atoms with van der Waals surface area (Å²) in [6.07, 6.45) is 3.45. The number of carbonyl (C=O) groups excluding carboxylic acids is 1. The predicted octanol–water partition coefficient (Wildman–Crippen LogP) is 1.50. The summed E-state index contributed by atoms with van der Waals surface area (Å²) in [5.41, 5.74) is 7.84. The first-order valence-corrected chi connectivity index (χ1v) is 5.28. The van der Waals surface area contributed by atoms with Crippen LogP contribution in [0.1, 0.15) is 17.7 Å². The maximum absolute atomic E-state index is 11.9. The van der Waals surface area contributed by atoms with Crippen molar-refractivity contribution in [2.75, 3.05) is 12.8 Å². The quantitative estimate of drug-likeness (QED) is 0.842. The Morgan fingerprint density at radius 2 is 2.35 bits per heavy atom. The summed E-state index contributed by atoms with van der Waals surface area (Å²) in [5.74, 6) is -0.0842. The number of nitrogens with zero attached hydrogens (tertiary/aromatic N) is 2. The molecule has 2 rings (SSSR count). The predicted molar refractivity (Wildman–Crippen MR) is 62.8 cm³/mol. The maximum Gasteiger partial charge on any atom is 0.0554 e. The number of nitrogens with two attached hydrogens (primary N) is 1. The minimum atomic E-state index is -0.488. The fourth-order valence-electron chi connectivity index (χ4n) is 2.29. The Labute approximate surface area is 127 Å². The molecule has 89 valence electrons. The average molecular weight is 306 g/mol. The largest absolute Gasteiger partial charge is 0.656 e. The van der Waals surface area contributed by atoms with E-state index in [1.54, 1.807) is 6.20 Å². The van der Waals surface area contributed by atoms with Crippen LogP contribution in [-0.2, 0) is 50.3 Å². The summed E-state index contributed by atoms with van der Waals surface area (Å²) in [5, 5.41) is 3.78. The summed E-state index contributed by atoms with van der Waals surface area (Å²) in [7, 11) is 1.53. The van der Waals surface area contributed by atoms with E-state index in [0.29, 0.717) is 24.9 Å². The molecule has 1 radical (unpaired) electrons. The van der Waals surface area contributed by atoms with Gasteiger partial charge in [0.1, 0.15) is 0 Å². The Kier molecular flexibility index (Phi) is 4.67. The van der Waals surface area contributed by atoms with Gasteiger partial charge in [-0.3, -0.25) is 4.98 Å². The van der Waals surface area contributed by atoms with Gasteiger partial charge in [0.15, 0.2) is 0 Å². The number of aromatic nitrogens is 1. The number of pyridine rings is 1. The van der Waals surface area contributed by atoms with Crippen LogP contribution in [0.4, 0.5) is 5.69 Å². The molecule has 1 aliphatic carbocycles. The van der Waals surface area contributed by atoms with Gasteiger partial charge in [0.25, 0.3) is 0 Å². The Morgan fingerprint density at radius 3 is 2.94 bits per heavy atom. The van der Waals surface area contributed by atoms with Crippen LogP contribution in [-0.4, -0.2) is 17.9 Å². The number of amides is 1. The van der Waals surface area contributed by atoms with Crippen molar-refractivity contribution in [3.05, 3.63) is 35.8 Å². The van der Waals surface area contributed by atoms with E-state index in [2.05, 4.69) is 17.2 Å². The van der Waals surface area contributed by atoms with Crippen LogP contribution in [0, 0.1) is 12.3 Å². The number of hydrogen-bond acceptors (Lipinski definition) is 3. The molecule has 1 aromatic rings. The van der Waals surface area contributed by atoms with Crippen LogP contribution in [0.3, 0.4) is 0 Å². The summed E-state index contributed by atoms with van der Waals surface area (Å²) in [6.45, 7) is 3.87. The van der Waals surface area contributed by atoms with Gasteiger partial charge in [-0.05, 0) is 29.9 Å². The molecule has 4 nitrogen and oxygen atoms in total. The first kappa shape index (κ1) is 14.6. The molecule has 0 saturated carbocycles. The van der Waals surface area contributed by atoms with Gasteiger partial charge in [-0.2, -0.15) is 6.42 Å². The zero-order valence-electron chi connectivity index (χ0n) is 9.94. The molecule has 5 heteroatoms. The minimum Gasteiger partial charge on any atom is -0.656 e. The Hall–Kier alpha value is -0.476. The van der Waals surface area contributed by atoms with Crippen molar-refractivity contribution in [2.24, 2.45) is 5.41 Å². The van der Waals surface area contributed by atoms with Crippen LogP contribution in [0.15, 0.2) is 12.3 Å². The van der Waals surface area contributed by atoms with Crippen LogP contribution in [0.5, 0.6) is 0 Å². The second-order valence-electron chi connectivity index (χ2n) is 4.29. The normalized spacial score (nSPS) is 21.5. The van der Waals surface area contributed by atoms with Crippen molar-refractivity contribution >= 4 is 11.6 Å². The summed E-state index contributed by atoms with van der Waals surface area (Å²) >= 11 is 0. The minimum absolute atomic E-state index is 0. The van der Waals surface area contributed by atoms with Crippen molar-refractivity contribution in [1.29, 1.82) is 0 Å². The fourth-order valence-corrected chi connectivity index (χ4v) is 2.29. The molecule has 0 fully saturated rings. The number of hydrogen-bond donors (Lipinski definition) is 1. The molecule has 1 atom stereocenters. The van der Waals surface area contributed by atoms with Gasteiger partial charge in [0.05, 0.1) is 17.8 Å². The number of carbonyl (C=O) groups is 1. The zero-order valence-corrected chi connectivity index (χ0v) is 12.8. The van der Waals surface area contributed by atoms with Crippen molar-refractivity contribution in [3.8, 4) is 0 Å². The van der Waals surface area contributed by atoms with Gasteiger partial charge >= 0.3 is 0 Å². The van der Waals surface area contributed by atoms with Crippen molar-refractivity contribution in [1.82, 2.24) is 4.98 Å². The topological polar surface area (TPSA) is 70.1 Å². The number of nitrogen functional groups attached to an aromatic ring is 1. The Balaban J connectivity index is 0.00000144. The molecule has 0 aromatic carbocycles. The van der Waals surface area contributed by atoms with E-state index in [1.165, 1.54) is 7.05 Å². The second-order valence-corrected chi connectivity index (χ2v) is 4.29. The van der Waals surface area contributed by atoms with Gasteiger partial charge in [-0.25, -0.2) is 0 Å². The molecule has 2 N–H and O–H groups in total. The molecule has 1 aliphatic rings. The van der Waals surface area contributed by atoms with Gasteiger partial charge < -0.3 is 22.8 Å². The van der Waals surface area contributed by atoms with E-state index in [-0.39, 0.29) is 38.6 Å². The summed E-state index contributed by atoms with van der Waals surface area (Å²) in [6, 6.07) is 1.89. The van der Waals surface area contributed by atoms with Gasteiger partial charge in [-0.15, -0.1) is 7.05 Å². The van der Waals surface area contributed by atoms with Crippen LogP contribution in [0.2, 0.25) is 0 Å². The summed E-state index contributed by atoms with van der Waals surface area (Å²) in [4.78, 5) is 16.1. The average Bonchev–Trinajstić information content (AvgIpc) is 2.67. The van der Waals surface area contributed by atoms with Gasteiger partial charge in [-0.1, -0.05) is 0 Å². The maximum atomic E-state index is 11.9. The van der Waals surface area contributed by atoms with E-state index in [4.69, 9.17) is 5.73 Å². The molecule has 1 heterocycles. The molecular formula is C12H15N3OY-2. The standard InChI is InChI=1S/C12H16N3O.Y/c1-3-12(11(16)14-2)5-8-4-9(13)7-15-10(8)6-12;/h4,7H,1,3,5-6,13H2,2H3,(H,14,16);/q-1;/p-1. The monoisotopic (exact) mass is 306 g/mol. The van der Waals surface area contributed by atoms with Crippen LogP contribution >= 0.6 is 0 Å². The van der Waals surface area contributed by atoms with Crippen molar-refractivity contribution < 1.29 is 37.5 Å². The molecule has 1 amide bonds. The van der Waals surface area contributed by atoms with Crippen molar-refractivity contribution in [2.45, 2.75) is 19.3 Å². The molecule has 0 bridgehead atoms. The van der Waals surface area contributed by atoms with Crippen molar-refractivity contribution in [3.63, 3.8) is 0 Å². The molecule has 0 aliphatic heterocycles. The van der Waals surface area contributed by atoms with E-state index in [9.17, 15) is 4.79 Å². The first-order valence-electron chi connectivity index (χ1n) is 5.28. The second kappa shape index (κ2) is 5.44. The third-order valence-electron chi connectivity index (χ3n) is 3.25. The molecule has 0 saturated heterocycles.